The van der Waals surface area contributed by atoms with E-state index in [2.05, 4.69) is 40.4 Å². The van der Waals surface area contributed by atoms with Crippen LogP contribution in [0.2, 0.25) is 18.1 Å². The summed E-state index contributed by atoms with van der Waals surface area (Å²) in [6.45, 7) is 24.3. The van der Waals surface area contributed by atoms with Gasteiger partial charge in [0.2, 0.25) is 0 Å². The van der Waals surface area contributed by atoms with Crippen molar-refractivity contribution in [2.75, 3.05) is 0 Å². The maximum Gasteiger partial charge on any atom is 0.303 e. The zero-order valence-corrected chi connectivity index (χ0v) is 19.5. The van der Waals surface area contributed by atoms with E-state index in [1.54, 1.807) is 0 Å². The number of Topliss-reactive ketones (excluding diaryl/α,β-unsaturated/α-hetero) is 1. The van der Waals surface area contributed by atoms with Crippen molar-refractivity contribution in [2.24, 2.45) is 23.2 Å². The number of hydrogen-bond acceptors (Lipinski definition) is 3. The van der Waals surface area contributed by atoms with Crippen molar-refractivity contribution >= 4 is 20.1 Å². The standard InChI is InChI=1S/C21H40O4Si/c1-12-14(2)18(25-26(10,11)20(5,6)7)16(4)19(24)21(8,9)15(3)13-17(22)23/h12,14-16,18H,1,13H2,2-11H3,(H,22,23)/t14-,15-,16+,18+/m0/s1. The first-order valence-corrected chi connectivity index (χ1v) is 12.5. The van der Waals surface area contributed by atoms with Crippen molar-refractivity contribution in [1.29, 1.82) is 0 Å². The Hall–Kier alpha value is -0.943. The highest BCUT2D eigenvalue weighted by Gasteiger charge is 2.45. The monoisotopic (exact) mass is 384 g/mol. The van der Waals surface area contributed by atoms with Crippen LogP contribution in [0.15, 0.2) is 12.7 Å². The van der Waals surface area contributed by atoms with Gasteiger partial charge >= 0.3 is 5.97 Å². The van der Waals surface area contributed by atoms with Gasteiger partial charge in [0.15, 0.2) is 8.32 Å². The summed E-state index contributed by atoms with van der Waals surface area (Å²) in [5.74, 6) is -1.36. The lowest BCUT2D eigenvalue weighted by Gasteiger charge is -2.43. The van der Waals surface area contributed by atoms with Crippen molar-refractivity contribution in [3.05, 3.63) is 12.7 Å². The lowest BCUT2D eigenvalue weighted by atomic mass is 9.69. The van der Waals surface area contributed by atoms with Gasteiger partial charge < -0.3 is 9.53 Å². The van der Waals surface area contributed by atoms with Crippen LogP contribution >= 0.6 is 0 Å². The van der Waals surface area contributed by atoms with Gasteiger partial charge in [0.25, 0.3) is 0 Å². The number of hydrogen-bond donors (Lipinski definition) is 1. The van der Waals surface area contributed by atoms with E-state index in [0.717, 1.165) is 0 Å². The van der Waals surface area contributed by atoms with Crippen molar-refractivity contribution < 1.29 is 19.1 Å². The molecule has 4 atom stereocenters. The average Bonchev–Trinajstić information content (AvgIpc) is 2.48. The first kappa shape index (κ1) is 25.1. The van der Waals surface area contributed by atoms with Gasteiger partial charge in [0, 0.05) is 17.8 Å². The molecule has 0 aliphatic carbocycles. The molecule has 152 valence electrons. The number of rotatable bonds is 10. The third-order valence-electron chi connectivity index (χ3n) is 6.38. The molecular weight excluding hydrogens is 344 g/mol. The Kier molecular flexibility index (Phi) is 8.51. The molecule has 0 amide bonds. The molecule has 0 spiro atoms. The SMILES string of the molecule is C=C[C@H](C)[C@@H](O[Si](C)(C)C(C)(C)C)[C@@H](C)C(=O)C(C)(C)[C@@H](C)CC(=O)O. The fourth-order valence-electron chi connectivity index (χ4n) is 2.81. The van der Waals surface area contributed by atoms with E-state index in [1.165, 1.54) is 0 Å². The molecule has 0 aliphatic rings. The lowest BCUT2D eigenvalue weighted by Crippen LogP contribution is -2.50. The highest BCUT2D eigenvalue weighted by Crippen LogP contribution is 2.41. The van der Waals surface area contributed by atoms with Crippen LogP contribution in [0.25, 0.3) is 0 Å². The lowest BCUT2D eigenvalue weighted by molar-refractivity contribution is -0.142. The third-order valence-corrected chi connectivity index (χ3v) is 10.9. The minimum atomic E-state index is -2.06. The molecule has 0 aromatic carbocycles. The highest BCUT2D eigenvalue weighted by molar-refractivity contribution is 6.74. The predicted molar refractivity (Wildman–Crippen MR) is 111 cm³/mol. The van der Waals surface area contributed by atoms with Gasteiger partial charge in [-0.25, -0.2) is 0 Å². The zero-order chi connectivity index (χ0) is 21.1. The molecule has 0 aromatic rings. The van der Waals surface area contributed by atoms with Gasteiger partial charge in [-0.05, 0) is 30.0 Å². The molecule has 0 bridgehead atoms. The molecule has 0 saturated heterocycles. The van der Waals surface area contributed by atoms with E-state index in [4.69, 9.17) is 9.53 Å². The molecule has 0 aliphatic heterocycles. The Labute approximate surface area is 161 Å². The molecule has 0 fully saturated rings. The summed E-state index contributed by atoms with van der Waals surface area (Å²) < 4.78 is 6.62. The fraction of sp³-hybridized carbons (Fsp3) is 0.810. The van der Waals surface area contributed by atoms with Crippen LogP contribution in [0.3, 0.4) is 0 Å². The molecule has 0 heterocycles. The van der Waals surface area contributed by atoms with Crippen LogP contribution in [0.1, 0.15) is 61.8 Å². The molecule has 0 aromatic heterocycles. The fourth-order valence-corrected chi connectivity index (χ4v) is 4.26. The van der Waals surface area contributed by atoms with Gasteiger partial charge in [0.1, 0.15) is 5.78 Å². The summed E-state index contributed by atoms with van der Waals surface area (Å²) in [6, 6.07) is 0. The first-order chi connectivity index (χ1) is 11.5. The predicted octanol–water partition coefficient (Wildman–Crippen LogP) is 5.54. The smallest absolute Gasteiger partial charge is 0.303 e. The van der Waals surface area contributed by atoms with Crippen molar-refractivity contribution in [2.45, 2.75) is 86.0 Å². The molecule has 5 heteroatoms. The van der Waals surface area contributed by atoms with Crippen molar-refractivity contribution in [3.8, 4) is 0 Å². The van der Waals surface area contributed by atoms with E-state index in [1.807, 2.05) is 40.7 Å². The molecule has 26 heavy (non-hydrogen) atoms. The quantitative estimate of drug-likeness (QED) is 0.397. The zero-order valence-electron chi connectivity index (χ0n) is 18.5. The number of carboxylic acid groups (broad SMARTS) is 1. The molecule has 1 N–H and O–H groups in total. The van der Waals surface area contributed by atoms with Gasteiger partial charge in [-0.2, -0.15) is 0 Å². The summed E-state index contributed by atoms with van der Waals surface area (Å²) in [7, 11) is -2.06. The van der Waals surface area contributed by atoms with Gasteiger partial charge in [-0.1, -0.05) is 61.5 Å². The summed E-state index contributed by atoms with van der Waals surface area (Å²) in [5.41, 5.74) is -0.728. The van der Waals surface area contributed by atoms with Crippen LogP contribution in [0, 0.1) is 23.2 Å². The average molecular weight is 385 g/mol. The Morgan fingerprint density at radius 1 is 1.12 bits per heavy atom. The van der Waals surface area contributed by atoms with Crippen LogP contribution in [-0.2, 0) is 14.0 Å². The minimum absolute atomic E-state index is 0.0176. The maximum atomic E-state index is 13.3. The van der Waals surface area contributed by atoms with Crippen molar-refractivity contribution in [3.63, 3.8) is 0 Å². The number of ketones is 1. The van der Waals surface area contributed by atoms with E-state index in [0.29, 0.717) is 0 Å². The van der Waals surface area contributed by atoms with E-state index < -0.39 is 19.7 Å². The molecule has 0 unspecified atom stereocenters. The van der Waals surface area contributed by atoms with Crippen molar-refractivity contribution in [1.82, 2.24) is 0 Å². The van der Waals surface area contributed by atoms with E-state index in [-0.39, 0.29) is 41.1 Å². The topological polar surface area (TPSA) is 63.6 Å². The second kappa shape index (κ2) is 8.83. The van der Waals surface area contributed by atoms with Crippen LogP contribution in [0.5, 0.6) is 0 Å². The third kappa shape index (κ3) is 6.05. The maximum absolute atomic E-state index is 13.3. The van der Waals surface area contributed by atoms with Gasteiger partial charge in [0.05, 0.1) is 6.10 Å². The Morgan fingerprint density at radius 2 is 1.58 bits per heavy atom. The summed E-state index contributed by atoms with van der Waals surface area (Å²) in [4.78, 5) is 24.4. The summed E-state index contributed by atoms with van der Waals surface area (Å²) >= 11 is 0. The highest BCUT2D eigenvalue weighted by atomic mass is 28.4. The van der Waals surface area contributed by atoms with E-state index >= 15 is 0 Å². The van der Waals surface area contributed by atoms with Crippen LogP contribution < -0.4 is 0 Å². The van der Waals surface area contributed by atoms with E-state index in [9.17, 15) is 9.59 Å². The Morgan fingerprint density at radius 3 is 1.92 bits per heavy atom. The molecule has 0 rings (SSSR count). The normalized spacial score (nSPS) is 17.9. The van der Waals surface area contributed by atoms with Crippen LogP contribution in [-0.4, -0.2) is 31.3 Å². The minimum Gasteiger partial charge on any atom is -0.481 e. The van der Waals surface area contributed by atoms with Gasteiger partial charge in [-0.3, -0.25) is 9.59 Å². The summed E-state index contributed by atoms with van der Waals surface area (Å²) in [6.07, 6.45) is 1.57. The summed E-state index contributed by atoms with van der Waals surface area (Å²) in [5, 5.41) is 9.14. The molecule has 0 saturated carbocycles. The molecular formula is C21H40O4Si. The first-order valence-electron chi connectivity index (χ1n) is 9.55. The Balaban J connectivity index is 5.68. The number of carboxylic acids is 1. The van der Waals surface area contributed by atoms with Crippen LogP contribution in [0.4, 0.5) is 0 Å². The number of carbonyl (C=O) groups is 2. The van der Waals surface area contributed by atoms with Gasteiger partial charge in [-0.15, -0.1) is 6.58 Å². The largest absolute Gasteiger partial charge is 0.481 e. The number of carbonyl (C=O) groups excluding carboxylic acids is 1. The second-order valence-electron chi connectivity index (χ2n) is 9.81. The Bertz CT molecular complexity index is 517. The molecule has 4 nitrogen and oxygen atoms in total. The molecule has 0 radical (unpaired) electrons. The second-order valence-corrected chi connectivity index (χ2v) is 14.6. The number of aliphatic carboxylic acids is 1.